The van der Waals surface area contributed by atoms with Gasteiger partial charge >= 0.3 is 0 Å². The van der Waals surface area contributed by atoms with Crippen LogP contribution < -0.4 is 20.4 Å². The fraction of sp³-hybridized carbons (Fsp3) is 0.519. The van der Waals surface area contributed by atoms with Crippen LogP contribution >= 0.6 is 0 Å². The molecule has 5 heterocycles. The first-order chi connectivity index (χ1) is 19.4. The van der Waals surface area contributed by atoms with Crippen LogP contribution in [0.3, 0.4) is 0 Å². The molecule has 3 aromatic rings. The Balaban J connectivity index is 0.000000285. The van der Waals surface area contributed by atoms with Crippen LogP contribution in [0.15, 0.2) is 24.7 Å². The van der Waals surface area contributed by atoms with Crippen molar-refractivity contribution in [3.05, 3.63) is 30.4 Å². The molecule has 212 valence electrons. The van der Waals surface area contributed by atoms with Crippen molar-refractivity contribution < 1.29 is 9.53 Å². The average Bonchev–Trinajstić information content (AvgIpc) is 3.65. The van der Waals surface area contributed by atoms with E-state index >= 15 is 0 Å². The van der Waals surface area contributed by atoms with Gasteiger partial charge in [-0.25, -0.2) is 4.98 Å². The van der Waals surface area contributed by atoms with Gasteiger partial charge in [0.1, 0.15) is 0 Å². The number of terminal acetylenes is 1. The van der Waals surface area contributed by atoms with Gasteiger partial charge in [-0.05, 0) is 31.6 Å². The minimum Gasteiger partial charge on any atom is -0.378 e. The molecule has 13 heteroatoms. The molecule has 3 fully saturated rings. The number of ether oxygens (including phenoxy) is 1. The topological polar surface area (TPSA) is 150 Å². The number of anilines is 5. The summed E-state index contributed by atoms with van der Waals surface area (Å²) in [5, 5.41) is 13.2. The zero-order chi connectivity index (χ0) is 28.5. The van der Waals surface area contributed by atoms with E-state index in [0.717, 1.165) is 37.8 Å². The van der Waals surface area contributed by atoms with Crippen LogP contribution in [0.2, 0.25) is 0 Å². The molecule has 2 aliphatic heterocycles. The third-order valence-corrected chi connectivity index (χ3v) is 6.77. The molecule has 0 spiro atoms. The summed E-state index contributed by atoms with van der Waals surface area (Å²) in [4.78, 5) is 36.1. The second kappa shape index (κ2) is 13.2. The van der Waals surface area contributed by atoms with Gasteiger partial charge in [-0.1, -0.05) is 13.8 Å². The highest BCUT2D eigenvalue weighted by atomic mass is 16.5. The number of aromatic amines is 1. The lowest BCUT2D eigenvalue weighted by Gasteiger charge is -2.29. The summed E-state index contributed by atoms with van der Waals surface area (Å²) in [6.07, 6.45) is 16.7. The number of nitrogens with zero attached hydrogens (tertiary/aromatic N) is 8. The van der Waals surface area contributed by atoms with E-state index in [1.54, 1.807) is 0 Å². The molecule has 1 atom stereocenters. The molecule has 2 saturated heterocycles. The maximum absolute atomic E-state index is 9.80. The lowest BCUT2D eigenvalue weighted by atomic mass is 9.91. The molecule has 13 nitrogen and oxygen atoms in total. The smallest absolute Gasteiger partial charge is 0.235 e. The van der Waals surface area contributed by atoms with Crippen molar-refractivity contribution in [1.82, 2.24) is 35.1 Å². The van der Waals surface area contributed by atoms with Crippen LogP contribution in [-0.4, -0.2) is 80.4 Å². The standard InChI is InChI=1S/C20H30N8O.C5H5N3O.C2H2/c1-13-11-20(2,3)12-28(13)19-23-17(21-16-10-15(25-26-16)14-4-5-14)22-18(24-19)27-6-8-29-9-7-27;9-4-8-5-3-6-1-2-7-5;1-2/h10,13-14H,4-9,11-12H2,1-3H3,(H2,21,22,23,24,25,26);1-4H,(H,7,8,9);1-2H/t13-;;/m0../s1. The molecule has 6 rings (SSSR count). The van der Waals surface area contributed by atoms with E-state index < -0.39 is 0 Å². The third-order valence-electron chi connectivity index (χ3n) is 6.77. The summed E-state index contributed by atoms with van der Waals surface area (Å²) in [5.41, 5.74) is 1.44. The normalized spacial score (nSPS) is 19.5. The molecule has 0 radical (unpaired) electrons. The van der Waals surface area contributed by atoms with Gasteiger partial charge in [0, 0.05) is 55.7 Å². The van der Waals surface area contributed by atoms with Crippen molar-refractivity contribution in [2.24, 2.45) is 5.41 Å². The van der Waals surface area contributed by atoms with Crippen molar-refractivity contribution in [2.75, 3.05) is 53.3 Å². The van der Waals surface area contributed by atoms with E-state index in [1.807, 2.05) is 0 Å². The van der Waals surface area contributed by atoms with Gasteiger partial charge in [-0.2, -0.15) is 20.1 Å². The van der Waals surface area contributed by atoms with Crippen LogP contribution in [0.4, 0.5) is 29.5 Å². The number of aromatic nitrogens is 7. The number of amides is 1. The van der Waals surface area contributed by atoms with Crippen LogP contribution in [0.1, 0.15) is 51.6 Å². The number of H-pyrrole nitrogens is 1. The Kier molecular flexibility index (Phi) is 9.44. The lowest BCUT2D eigenvalue weighted by Crippen LogP contribution is -2.38. The summed E-state index contributed by atoms with van der Waals surface area (Å²) in [5.74, 6) is 3.83. The number of carbonyl (C=O) groups is 1. The summed E-state index contributed by atoms with van der Waals surface area (Å²) >= 11 is 0. The van der Waals surface area contributed by atoms with Crippen molar-refractivity contribution in [2.45, 2.75) is 52.0 Å². The molecule has 1 amide bonds. The van der Waals surface area contributed by atoms with Crippen LogP contribution in [-0.2, 0) is 9.53 Å². The van der Waals surface area contributed by atoms with Gasteiger partial charge in [0.05, 0.1) is 19.4 Å². The highest BCUT2D eigenvalue weighted by Gasteiger charge is 2.37. The van der Waals surface area contributed by atoms with Gasteiger partial charge in [0.15, 0.2) is 11.6 Å². The molecule has 0 unspecified atom stereocenters. The Bertz CT molecular complexity index is 1250. The predicted octanol–water partition coefficient (Wildman–Crippen LogP) is 2.97. The second-order valence-electron chi connectivity index (χ2n) is 10.7. The highest BCUT2D eigenvalue weighted by Crippen LogP contribution is 2.40. The van der Waals surface area contributed by atoms with Crippen LogP contribution in [0, 0.1) is 18.3 Å². The van der Waals surface area contributed by atoms with Crippen molar-refractivity contribution in [3.63, 3.8) is 0 Å². The molecule has 1 aliphatic carbocycles. The zero-order valence-corrected chi connectivity index (χ0v) is 23.2. The van der Waals surface area contributed by atoms with Crippen LogP contribution in [0.25, 0.3) is 0 Å². The van der Waals surface area contributed by atoms with E-state index in [2.05, 4.69) is 80.3 Å². The SMILES string of the molecule is C#C.C[C@H]1CC(C)(C)CN1c1nc(Nc2cc(C3CC3)[nH]n2)nc(N2CCOCC2)n1.O=CNc1cnccn1. The molecule has 3 aromatic heterocycles. The van der Waals surface area contributed by atoms with Gasteiger partial charge in [0.2, 0.25) is 24.3 Å². The molecule has 40 heavy (non-hydrogen) atoms. The first kappa shape index (κ1) is 28.7. The molecular weight excluding hydrogens is 510 g/mol. The Labute approximate surface area is 234 Å². The van der Waals surface area contributed by atoms with E-state index in [4.69, 9.17) is 19.7 Å². The quantitative estimate of drug-likeness (QED) is 0.296. The zero-order valence-electron chi connectivity index (χ0n) is 23.2. The van der Waals surface area contributed by atoms with Gasteiger partial charge in [-0.15, -0.1) is 12.8 Å². The number of morpholine rings is 1. The summed E-state index contributed by atoms with van der Waals surface area (Å²) < 4.78 is 5.50. The van der Waals surface area contributed by atoms with E-state index in [-0.39, 0.29) is 5.41 Å². The second-order valence-corrected chi connectivity index (χ2v) is 10.7. The molecule has 0 bridgehead atoms. The lowest BCUT2D eigenvalue weighted by molar-refractivity contribution is -0.105. The van der Waals surface area contributed by atoms with Crippen molar-refractivity contribution in [3.8, 4) is 12.8 Å². The van der Waals surface area contributed by atoms with Gasteiger partial charge in [-0.3, -0.25) is 14.9 Å². The number of hydrogen-bond donors (Lipinski definition) is 3. The Hall–Kier alpha value is -4.31. The van der Waals surface area contributed by atoms with Crippen molar-refractivity contribution in [1.29, 1.82) is 0 Å². The van der Waals surface area contributed by atoms with Crippen LogP contribution in [0.5, 0.6) is 0 Å². The fourth-order valence-corrected chi connectivity index (χ4v) is 4.85. The Morgan fingerprint density at radius 2 is 1.85 bits per heavy atom. The monoisotopic (exact) mass is 547 g/mol. The molecule has 1 saturated carbocycles. The number of nitrogens with one attached hydrogen (secondary N) is 3. The molecule has 3 N–H and O–H groups in total. The first-order valence-electron chi connectivity index (χ1n) is 13.4. The largest absolute Gasteiger partial charge is 0.378 e. The van der Waals surface area contributed by atoms with Gasteiger partial charge in [0.25, 0.3) is 0 Å². The molecule has 3 aliphatic rings. The van der Waals surface area contributed by atoms with Gasteiger partial charge < -0.3 is 25.2 Å². The Morgan fingerprint density at radius 3 is 2.48 bits per heavy atom. The highest BCUT2D eigenvalue weighted by molar-refractivity contribution is 5.67. The minimum absolute atomic E-state index is 0.250. The maximum atomic E-state index is 9.80. The average molecular weight is 548 g/mol. The Morgan fingerprint density at radius 1 is 1.10 bits per heavy atom. The predicted molar refractivity (Wildman–Crippen MR) is 154 cm³/mol. The van der Waals surface area contributed by atoms with E-state index in [1.165, 1.54) is 37.1 Å². The first-order valence-corrected chi connectivity index (χ1v) is 13.4. The van der Waals surface area contributed by atoms with E-state index in [0.29, 0.717) is 49.3 Å². The molecule has 0 aromatic carbocycles. The number of hydrogen-bond acceptors (Lipinski definition) is 11. The fourth-order valence-electron chi connectivity index (χ4n) is 4.85. The minimum atomic E-state index is 0.250. The summed E-state index contributed by atoms with van der Waals surface area (Å²) in [6, 6.07) is 2.46. The third kappa shape index (κ3) is 7.63. The number of rotatable bonds is 7. The van der Waals surface area contributed by atoms with Crippen molar-refractivity contribution >= 4 is 35.9 Å². The number of carbonyl (C=O) groups excluding carboxylic acids is 1. The summed E-state index contributed by atoms with van der Waals surface area (Å²) in [6.45, 7) is 10.8. The molecular formula is C27H37N11O2. The summed E-state index contributed by atoms with van der Waals surface area (Å²) in [7, 11) is 0. The van der Waals surface area contributed by atoms with E-state index in [9.17, 15) is 4.79 Å². The maximum Gasteiger partial charge on any atom is 0.235 e.